The van der Waals surface area contributed by atoms with Gasteiger partial charge in [0.15, 0.2) is 0 Å². The molecule has 8 heteroatoms. The number of nitrogens with one attached hydrogen (secondary N) is 2. The van der Waals surface area contributed by atoms with Crippen molar-refractivity contribution < 1.29 is 14.0 Å². The molecule has 2 N–H and O–H groups in total. The highest BCUT2D eigenvalue weighted by atomic mass is 35.5. The monoisotopic (exact) mass is 387 g/mol. The van der Waals surface area contributed by atoms with Crippen molar-refractivity contribution in [1.82, 2.24) is 10.2 Å². The van der Waals surface area contributed by atoms with Crippen LogP contribution < -0.4 is 10.6 Å². The summed E-state index contributed by atoms with van der Waals surface area (Å²) in [6.07, 6.45) is 1.80. The summed E-state index contributed by atoms with van der Waals surface area (Å²) in [5.74, 6) is 0.406. The maximum atomic E-state index is 14.6. The second-order valence-corrected chi connectivity index (χ2v) is 7.11. The lowest BCUT2D eigenvalue weighted by Gasteiger charge is -2.24. The summed E-state index contributed by atoms with van der Waals surface area (Å²) in [4.78, 5) is 26.3. The smallest absolute Gasteiger partial charge is 0.248 e. The van der Waals surface area contributed by atoms with E-state index in [0.29, 0.717) is 36.6 Å². The first-order valence-corrected chi connectivity index (χ1v) is 9.46. The highest BCUT2D eigenvalue weighted by Gasteiger charge is 2.34. The van der Waals surface area contributed by atoms with Gasteiger partial charge in [-0.15, -0.1) is 24.2 Å². The molecule has 1 fully saturated rings. The Hall–Kier alpha value is -1.31. The zero-order valence-electron chi connectivity index (χ0n) is 14.1. The molecule has 25 heavy (non-hydrogen) atoms. The van der Waals surface area contributed by atoms with Gasteiger partial charge in [-0.1, -0.05) is 13.0 Å². The number of anilines is 1. The first-order chi connectivity index (χ1) is 11.6. The van der Waals surface area contributed by atoms with Crippen molar-refractivity contribution in [3.63, 3.8) is 0 Å². The molecule has 1 aromatic rings. The van der Waals surface area contributed by atoms with Gasteiger partial charge in [0.1, 0.15) is 11.9 Å². The molecule has 2 aliphatic heterocycles. The number of halogens is 2. The zero-order chi connectivity index (χ0) is 17.1. The fourth-order valence-corrected chi connectivity index (χ4v) is 4.29. The molecule has 0 aromatic heterocycles. The molecule has 3 rings (SSSR count). The summed E-state index contributed by atoms with van der Waals surface area (Å²) in [7, 11) is 0. The Balaban J connectivity index is 0.00000225. The first-order valence-electron chi connectivity index (χ1n) is 8.31. The normalized spacial score (nSPS) is 19.1. The van der Waals surface area contributed by atoms with Gasteiger partial charge < -0.3 is 15.5 Å². The highest BCUT2D eigenvalue weighted by Crippen LogP contribution is 2.27. The van der Waals surface area contributed by atoms with Crippen LogP contribution in [0.1, 0.15) is 30.9 Å². The standard InChI is InChI=1S/C17H22FN3O2S.ClH/c1-2-3-15(22)21-10-24-9-14(21)17(23)20-13-5-4-11-8-19-7-6-12(11)16(13)18;/h4-5,14,19H,2-3,6-10H2,1H3,(H,20,23);1H. The van der Waals surface area contributed by atoms with Gasteiger partial charge in [-0.25, -0.2) is 4.39 Å². The molecule has 0 radical (unpaired) electrons. The van der Waals surface area contributed by atoms with Gasteiger partial charge >= 0.3 is 0 Å². The highest BCUT2D eigenvalue weighted by molar-refractivity contribution is 7.99. The van der Waals surface area contributed by atoms with Crippen molar-refractivity contribution in [1.29, 1.82) is 0 Å². The van der Waals surface area contributed by atoms with Crippen LogP contribution in [0.5, 0.6) is 0 Å². The van der Waals surface area contributed by atoms with Gasteiger partial charge in [-0.3, -0.25) is 9.59 Å². The van der Waals surface area contributed by atoms with Gasteiger partial charge in [0.05, 0.1) is 11.6 Å². The van der Waals surface area contributed by atoms with Gasteiger partial charge in [0.25, 0.3) is 0 Å². The second-order valence-electron chi connectivity index (χ2n) is 6.11. The van der Waals surface area contributed by atoms with E-state index in [9.17, 15) is 14.0 Å². The lowest BCUT2D eigenvalue weighted by molar-refractivity contribution is -0.136. The van der Waals surface area contributed by atoms with Crippen LogP contribution in [-0.2, 0) is 22.6 Å². The van der Waals surface area contributed by atoms with E-state index >= 15 is 0 Å². The molecular formula is C17H23ClFN3O2S. The fourth-order valence-electron chi connectivity index (χ4n) is 3.11. The first kappa shape index (κ1) is 20.0. The van der Waals surface area contributed by atoms with E-state index in [4.69, 9.17) is 0 Å². The third kappa shape index (κ3) is 4.27. The van der Waals surface area contributed by atoms with E-state index in [2.05, 4.69) is 10.6 Å². The summed E-state index contributed by atoms with van der Waals surface area (Å²) >= 11 is 1.55. The van der Waals surface area contributed by atoms with Gasteiger partial charge in [-0.05, 0) is 36.6 Å². The van der Waals surface area contributed by atoms with Crippen LogP contribution in [0.4, 0.5) is 10.1 Å². The van der Waals surface area contributed by atoms with E-state index in [0.717, 1.165) is 18.5 Å². The van der Waals surface area contributed by atoms with E-state index in [1.165, 1.54) is 0 Å². The van der Waals surface area contributed by atoms with Crippen molar-refractivity contribution in [2.24, 2.45) is 0 Å². The van der Waals surface area contributed by atoms with Crippen LogP contribution in [-0.4, -0.2) is 40.9 Å². The Morgan fingerprint density at radius 2 is 2.24 bits per heavy atom. The second kappa shape index (κ2) is 8.87. The average molecular weight is 388 g/mol. The minimum atomic E-state index is -0.522. The number of hydrogen-bond donors (Lipinski definition) is 2. The van der Waals surface area contributed by atoms with Crippen LogP contribution >= 0.6 is 24.2 Å². The SMILES string of the molecule is CCCC(=O)N1CSCC1C(=O)Nc1ccc2c(c1F)CCNC2.Cl. The Morgan fingerprint density at radius 1 is 1.44 bits per heavy atom. The third-order valence-electron chi connectivity index (χ3n) is 4.43. The molecule has 2 heterocycles. The van der Waals surface area contributed by atoms with Gasteiger partial charge in [-0.2, -0.15) is 0 Å². The van der Waals surface area contributed by atoms with Crippen LogP contribution in [0.25, 0.3) is 0 Å². The van der Waals surface area contributed by atoms with E-state index < -0.39 is 6.04 Å². The van der Waals surface area contributed by atoms with E-state index in [1.807, 2.05) is 13.0 Å². The predicted molar refractivity (Wildman–Crippen MR) is 101 cm³/mol. The lowest BCUT2D eigenvalue weighted by Crippen LogP contribution is -2.44. The number of carbonyl (C=O) groups is 2. The van der Waals surface area contributed by atoms with Crippen molar-refractivity contribution >= 4 is 41.7 Å². The van der Waals surface area contributed by atoms with Crippen LogP contribution in [0.2, 0.25) is 0 Å². The average Bonchev–Trinajstić information content (AvgIpc) is 3.08. The summed E-state index contributed by atoms with van der Waals surface area (Å²) in [5.41, 5.74) is 1.82. The van der Waals surface area contributed by atoms with Gasteiger partial charge in [0, 0.05) is 18.7 Å². The molecule has 0 spiro atoms. The summed E-state index contributed by atoms with van der Waals surface area (Å²) < 4.78 is 14.6. The van der Waals surface area contributed by atoms with Crippen molar-refractivity contribution in [3.05, 3.63) is 29.1 Å². The summed E-state index contributed by atoms with van der Waals surface area (Å²) in [5, 5.41) is 5.89. The number of thioether (sulfide) groups is 1. The number of fused-ring (bicyclic) bond motifs is 1. The Kier molecular flexibility index (Phi) is 7.10. The molecule has 1 atom stereocenters. The summed E-state index contributed by atoms with van der Waals surface area (Å²) in [6, 6.07) is 2.94. The molecule has 1 saturated heterocycles. The number of rotatable bonds is 4. The molecule has 5 nitrogen and oxygen atoms in total. The Bertz CT molecular complexity index is 659. The topological polar surface area (TPSA) is 61.4 Å². The maximum absolute atomic E-state index is 14.6. The van der Waals surface area contributed by atoms with E-state index in [1.54, 1.807) is 22.7 Å². The molecule has 0 saturated carbocycles. The molecule has 1 unspecified atom stereocenters. The molecule has 138 valence electrons. The molecule has 1 aromatic carbocycles. The Labute approximate surface area is 157 Å². The van der Waals surface area contributed by atoms with Crippen LogP contribution in [0.3, 0.4) is 0 Å². The van der Waals surface area contributed by atoms with Crippen LogP contribution in [0.15, 0.2) is 12.1 Å². The fraction of sp³-hybridized carbons (Fsp3) is 0.529. The van der Waals surface area contributed by atoms with Crippen molar-refractivity contribution in [2.75, 3.05) is 23.5 Å². The number of benzene rings is 1. The number of carbonyl (C=O) groups excluding carboxylic acids is 2. The molecule has 2 amide bonds. The number of nitrogens with zero attached hydrogens (tertiary/aromatic N) is 1. The van der Waals surface area contributed by atoms with Gasteiger partial charge in [0.2, 0.25) is 11.8 Å². The van der Waals surface area contributed by atoms with Crippen molar-refractivity contribution in [3.8, 4) is 0 Å². The number of hydrogen-bond acceptors (Lipinski definition) is 4. The predicted octanol–water partition coefficient (Wildman–Crippen LogP) is 2.53. The molecule has 0 aliphatic carbocycles. The minimum absolute atomic E-state index is 0. The molecular weight excluding hydrogens is 365 g/mol. The quantitative estimate of drug-likeness (QED) is 0.833. The maximum Gasteiger partial charge on any atom is 0.248 e. The number of amides is 2. The third-order valence-corrected chi connectivity index (χ3v) is 5.45. The van der Waals surface area contributed by atoms with E-state index in [-0.39, 0.29) is 35.7 Å². The minimum Gasteiger partial charge on any atom is -0.322 e. The zero-order valence-corrected chi connectivity index (χ0v) is 15.8. The lowest BCUT2D eigenvalue weighted by atomic mass is 9.99. The molecule has 0 bridgehead atoms. The van der Waals surface area contributed by atoms with Crippen molar-refractivity contribution in [2.45, 2.75) is 38.8 Å². The summed E-state index contributed by atoms with van der Waals surface area (Å²) in [6.45, 7) is 3.33. The van der Waals surface area contributed by atoms with Crippen LogP contribution in [0, 0.1) is 5.82 Å². The molecule has 2 aliphatic rings. The largest absolute Gasteiger partial charge is 0.322 e. The Morgan fingerprint density at radius 3 is 3.00 bits per heavy atom.